The van der Waals surface area contributed by atoms with Gasteiger partial charge in [-0.1, -0.05) is 36.3 Å². The number of carbonyl (C=O) groups excluding carboxylic acids is 2. The number of rotatable bonds is 3. The Balaban J connectivity index is 1.70. The van der Waals surface area contributed by atoms with Gasteiger partial charge in [0.25, 0.3) is 0 Å². The van der Waals surface area contributed by atoms with E-state index in [1.165, 1.54) is 7.11 Å². The minimum atomic E-state index is -0.507. The van der Waals surface area contributed by atoms with Crippen LogP contribution in [0.3, 0.4) is 0 Å². The van der Waals surface area contributed by atoms with Gasteiger partial charge in [-0.05, 0) is 24.3 Å². The van der Waals surface area contributed by atoms with Crippen LogP contribution in [0.2, 0.25) is 0 Å². The molecule has 0 spiro atoms. The van der Waals surface area contributed by atoms with Crippen LogP contribution in [0.1, 0.15) is 24.8 Å². The quantitative estimate of drug-likeness (QED) is 0.489. The molecule has 1 aromatic rings. The molecule has 0 unspecified atom stereocenters. The molecule has 0 saturated carbocycles. The monoisotopic (exact) mass is 315 g/mol. The van der Waals surface area contributed by atoms with Gasteiger partial charge in [0.1, 0.15) is 6.61 Å². The SMILES string of the molecule is COC(=O)C#CCC1CCN(C(=O)OCc2ccccc2)CC1. The van der Waals surface area contributed by atoms with Gasteiger partial charge in [-0.2, -0.15) is 0 Å². The van der Waals surface area contributed by atoms with Crippen molar-refractivity contribution < 1.29 is 19.1 Å². The first-order valence-electron chi connectivity index (χ1n) is 7.71. The van der Waals surface area contributed by atoms with Crippen LogP contribution in [0.25, 0.3) is 0 Å². The minimum absolute atomic E-state index is 0.270. The highest BCUT2D eigenvalue weighted by Crippen LogP contribution is 2.20. The van der Waals surface area contributed by atoms with Crippen molar-refractivity contribution in [3.8, 4) is 11.8 Å². The topological polar surface area (TPSA) is 55.8 Å². The summed E-state index contributed by atoms with van der Waals surface area (Å²) < 4.78 is 9.80. The fourth-order valence-corrected chi connectivity index (χ4v) is 2.45. The molecule has 1 amide bonds. The Morgan fingerprint density at radius 1 is 1.22 bits per heavy atom. The molecule has 122 valence electrons. The third kappa shape index (κ3) is 5.67. The smallest absolute Gasteiger partial charge is 0.410 e. The normalized spacial score (nSPS) is 14.6. The largest absolute Gasteiger partial charge is 0.459 e. The third-order valence-corrected chi connectivity index (χ3v) is 3.84. The van der Waals surface area contributed by atoms with Crippen LogP contribution in [0.4, 0.5) is 4.79 Å². The number of hydrogen-bond acceptors (Lipinski definition) is 4. The predicted molar refractivity (Wildman–Crippen MR) is 85.3 cm³/mol. The van der Waals surface area contributed by atoms with Gasteiger partial charge in [0, 0.05) is 25.4 Å². The zero-order chi connectivity index (χ0) is 16.5. The van der Waals surface area contributed by atoms with E-state index in [1.807, 2.05) is 30.3 Å². The van der Waals surface area contributed by atoms with Crippen molar-refractivity contribution in [2.24, 2.45) is 5.92 Å². The number of nitrogens with zero attached hydrogens (tertiary/aromatic N) is 1. The summed E-state index contributed by atoms with van der Waals surface area (Å²) in [6.45, 7) is 1.63. The first kappa shape index (κ1) is 16.9. The predicted octanol–water partition coefficient (Wildman–Crippen LogP) is 2.60. The van der Waals surface area contributed by atoms with Crippen LogP contribution in [-0.2, 0) is 20.9 Å². The molecule has 0 aliphatic carbocycles. The Morgan fingerprint density at radius 3 is 2.57 bits per heavy atom. The standard InChI is InChI=1S/C18H21NO4/c1-22-17(20)9-5-8-15-10-12-19(13-11-15)18(21)23-14-16-6-3-2-4-7-16/h2-4,6-7,15H,8,10-14H2,1H3. The van der Waals surface area contributed by atoms with Gasteiger partial charge in [-0.3, -0.25) is 0 Å². The van der Waals surface area contributed by atoms with E-state index < -0.39 is 5.97 Å². The lowest BCUT2D eigenvalue weighted by Crippen LogP contribution is -2.38. The molecule has 0 bridgehead atoms. The second kappa shape index (κ2) is 8.84. The molecule has 1 aromatic carbocycles. The molecule has 1 saturated heterocycles. The van der Waals surface area contributed by atoms with Crippen molar-refractivity contribution in [1.29, 1.82) is 0 Å². The lowest BCUT2D eigenvalue weighted by molar-refractivity contribution is -0.133. The van der Waals surface area contributed by atoms with Crippen molar-refractivity contribution in [2.75, 3.05) is 20.2 Å². The molecule has 0 atom stereocenters. The van der Waals surface area contributed by atoms with Crippen molar-refractivity contribution >= 4 is 12.1 Å². The molecule has 2 rings (SSSR count). The van der Waals surface area contributed by atoms with Crippen LogP contribution >= 0.6 is 0 Å². The molecule has 0 aromatic heterocycles. The summed E-state index contributed by atoms with van der Waals surface area (Å²) in [7, 11) is 1.32. The molecule has 5 heteroatoms. The number of piperidine rings is 1. The number of ether oxygens (including phenoxy) is 2. The highest BCUT2D eigenvalue weighted by Gasteiger charge is 2.23. The van der Waals surface area contributed by atoms with E-state index in [9.17, 15) is 9.59 Å². The second-order valence-corrected chi connectivity index (χ2v) is 5.47. The number of esters is 1. The highest BCUT2D eigenvalue weighted by molar-refractivity contribution is 5.88. The number of carbonyl (C=O) groups is 2. The molecule has 0 N–H and O–H groups in total. The Morgan fingerprint density at radius 2 is 1.91 bits per heavy atom. The Hall–Kier alpha value is -2.48. The number of amides is 1. The summed E-state index contributed by atoms with van der Waals surface area (Å²) in [5.74, 6) is 5.17. The minimum Gasteiger partial charge on any atom is -0.459 e. The maximum absolute atomic E-state index is 12.0. The van der Waals surface area contributed by atoms with Crippen LogP contribution in [0.5, 0.6) is 0 Å². The first-order valence-corrected chi connectivity index (χ1v) is 7.71. The molecular formula is C18H21NO4. The van der Waals surface area contributed by atoms with E-state index in [4.69, 9.17) is 4.74 Å². The fraction of sp³-hybridized carbons (Fsp3) is 0.444. The van der Waals surface area contributed by atoms with Gasteiger partial charge in [-0.25, -0.2) is 9.59 Å². The van der Waals surface area contributed by atoms with Gasteiger partial charge in [0.15, 0.2) is 0 Å². The molecule has 23 heavy (non-hydrogen) atoms. The Bertz CT molecular complexity index is 580. The molecule has 1 heterocycles. The molecule has 1 aliphatic heterocycles. The van der Waals surface area contributed by atoms with Crippen LogP contribution in [0, 0.1) is 17.8 Å². The number of hydrogen-bond donors (Lipinski definition) is 0. The number of benzene rings is 1. The molecule has 5 nitrogen and oxygen atoms in total. The maximum atomic E-state index is 12.0. The summed E-state index contributed by atoms with van der Waals surface area (Å²) in [5, 5.41) is 0. The Labute approximate surface area is 136 Å². The van der Waals surface area contributed by atoms with E-state index in [1.54, 1.807) is 4.90 Å². The summed E-state index contributed by atoms with van der Waals surface area (Å²) in [6, 6.07) is 9.63. The average molecular weight is 315 g/mol. The molecular weight excluding hydrogens is 294 g/mol. The summed E-state index contributed by atoms with van der Waals surface area (Å²) >= 11 is 0. The van der Waals surface area contributed by atoms with E-state index in [0.717, 1.165) is 18.4 Å². The number of likely N-dealkylation sites (tertiary alicyclic amines) is 1. The van der Waals surface area contributed by atoms with E-state index in [-0.39, 0.29) is 6.09 Å². The van der Waals surface area contributed by atoms with Crippen LogP contribution in [0.15, 0.2) is 30.3 Å². The van der Waals surface area contributed by atoms with Crippen molar-refractivity contribution in [3.05, 3.63) is 35.9 Å². The first-order chi connectivity index (χ1) is 11.2. The Kier molecular flexibility index (Phi) is 6.49. The van der Waals surface area contributed by atoms with Gasteiger partial charge in [0.2, 0.25) is 0 Å². The van der Waals surface area contributed by atoms with Gasteiger partial charge in [-0.15, -0.1) is 0 Å². The van der Waals surface area contributed by atoms with E-state index in [2.05, 4.69) is 16.6 Å². The van der Waals surface area contributed by atoms with Crippen molar-refractivity contribution in [2.45, 2.75) is 25.9 Å². The molecule has 1 fully saturated rings. The lowest BCUT2D eigenvalue weighted by atomic mass is 9.94. The molecule has 0 radical (unpaired) electrons. The fourth-order valence-electron chi connectivity index (χ4n) is 2.45. The van der Waals surface area contributed by atoms with Crippen molar-refractivity contribution in [1.82, 2.24) is 4.90 Å². The van der Waals surface area contributed by atoms with Crippen LogP contribution < -0.4 is 0 Å². The third-order valence-electron chi connectivity index (χ3n) is 3.84. The zero-order valence-corrected chi connectivity index (χ0v) is 13.3. The maximum Gasteiger partial charge on any atom is 0.410 e. The number of methoxy groups -OCH3 is 1. The lowest BCUT2D eigenvalue weighted by Gasteiger charge is -2.30. The second-order valence-electron chi connectivity index (χ2n) is 5.47. The van der Waals surface area contributed by atoms with E-state index >= 15 is 0 Å². The van der Waals surface area contributed by atoms with Crippen LogP contribution in [-0.4, -0.2) is 37.2 Å². The summed E-state index contributed by atoms with van der Waals surface area (Å²) in [5.41, 5.74) is 0.980. The van der Waals surface area contributed by atoms with Crippen molar-refractivity contribution in [3.63, 3.8) is 0 Å². The average Bonchev–Trinajstić information content (AvgIpc) is 2.61. The summed E-state index contributed by atoms with van der Waals surface area (Å²) in [4.78, 5) is 24.7. The van der Waals surface area contributed by atoms with Gasteiger partial charge < -0.3 is 14.4 Å². The van der Waals surface area contributed by atoms with E-state index in [0.29, 0.717) is 32.0 Å². The summed E-state index contributed by atoms with van der Waals surface area (Å²) in [6.07, 6.45) is 2.13. The highest BCUT2D eigenvalue weighted by atomic mass is 16.6. The molecule has 1 aliphatic rings. The zero-order valence-electron chi connectivity index (χ0n) is 13.3. The van der Waals surface area contributed by atoms with Gasteiger partial charge in [0.05, 0.1) is 7.11 Å². The van der Waals surface area contributed by atoms with Gasteiger partial charge >= 0.3 is 12.1 Å².